The van der Waals surface area contributed by atoms with Crippen molar-refractivity contribution in [1.82, 2.24) is 15.1 Å². The fourth-order valence-electron chi connectivity index (χ4n) is 2.86. The minimum Gasteiger partial charge on any atom is -0.450 e. The zero-order chi connectivity index (χ0) is 19.1. The Kier molecular flexibility index (Phi) is 6.84. The predicted octanol–water partition coefficient (Wildman–Crippen LogP) is 2.52. The van der Waals surface area contributed by atoms with Gasteiger partial charge in [0.1, 0.15) is 5.76 Å². The topological polar surface area (TPSA) is 65.8 Å². The molecule has 0 radical (unpaired) electrons. The Morgan fingerprint density at radius 2 is 1.81 bits per heavy atom. The standard InChI is InChI=1S/C20H22BrN3O3/c21-18-8-6-17(27-18)7-9-20(26)24-12-10-23(11-13-24)15-19(25)22-14-16-4-2-1-3-5-16/h1-9H,10-15H2,(H,22,25)/b9-7+. The lowest BCUT2D eigenvalue weighted by Gasteiger charge is -2.33. The quantitative estimate of drug-likeness (QED) is 0.713. The number of piperazine rings is 1. The molecule has 0 saturated carbocycles. The van der Waals surface area contributed by atoms with Crippen LogP contribution in [0.25, 0.3) is 6.08 Å². The first kappa shape index (κ1) is 19.4. The second-order valence-corrected chi connectivity index (χ2v) is 7.12. The molecule has 1 saturated heterocycles. The third kappa shape index (κ3) is 6.08. The number of halogens is 1. The second kappa shape index (κ2) is 9.53. The molecule has 0 atom stereocenters. The SMILES string of the molecule is O=C(CN1CCN(C(=O)/C=C/c2ccc(Br)o2)CC1)NCc1ccccc1. The van der Waals surface area contributed by atoms with E-state index < -0.39 is 0 Å². The first-order valence-corrected chi connectivity index (χ1v) is 9.65. The van der Waals surface area contributed by atoms with Crippen LogP contribution in [0.1, 0.15) is 11.3 Å². The molecule has 1 aliphatic heterocycles. The molecule has 1 aromatic carbocycles. The third-order valence-corrected chi connectivity index (χ3v) is 4.79. The molecule has 2 amide bonds. The summed E-state index contributed by atoms with van der Waals surface area (Å²) >= 11 is 3.23. The number of hydrogen-bond acceptors (Lipinski definition) is 4. The molecule has 3 rings (SSSR count). The monoisotopic (exact) mass is 431 g/mol. The van der Waals surface area contributed by atoms with E-state index in [9.17, 15) is 9.59 Å². The first-order valence-electron chi connectivity index (χ1n) is 8.85. The Morgan fingerprint density at radius 1 is 1.07 bits per heavy atom. The minimum absolute atomic E-state index is 0.00178. The van der Waals surface area contributed by atoms with Crippen molar-refractivity contribution in [2.24, 2.45) is 0 Å². The van der Waals surface area contributed by atoms with Crippen LogP contribution >= 0.6 is 15.9 Å². The van der Waals surface area contributed by atoms with Crippen molar-refractivity contribution in [2.45, 2.75) is 6.54 Å². The van der Waals surface area contributed by atoms with Gasteiger partial charge in [0.2, 0.25) is 11.8 Å². The summed E-state index contributed by atoms with van der Waals surface area (Å²) in [6.07, 6.45) is 3.18. The summed E-state index contributed by atoms with van der Waals surface area (Å²) in [6, 6.07) is 13.4. The van der Waals surface area contributed by atoms with Crippen molar-refractivity contribution >= 4 is 33.8 Å². The normalized spacial score (nSPS) is 15.2. The van der Waals surface area contributed by atoms with Gasteiger partial charge in [-0.3, -0.25) is 14.5 Å². The summed E-state index contributed by atoms with van der Waals surface area (Å²) in [4.78, 5) is 28.2. The van der Waals surface area contributed by atoms with Crippen LogP contribution < -0.4 is 5.32 Å². The zero-order valence-corrected chi connectivity index (χ0v) is 16.5. The van der Waals surface area contributed by atoms with Crippen LogP contribution in [-0.4, -0.2) is 54.3 Å². The van der Waals surface area contributed by atoms with Gasteiger partial charge in [-0.15, -0.1) is 0 Å². The van der Waals surface area contributed by atoms with Crippen LogP contribution in [0.5, 0.6) is 0 Å². The summed E-state index contributed by atoms with van der Waals surface area (Å²) in [6.45, 7) is 3.47. The van der Waals surface area contributed by atoms with Gasteiger partial charge < -0.3 is 14.6 Å². The summed E-state index contributed by atoms with van der Waals surface area (Å²) in [5.74, 6) is 0.585. The van der Waals surface area contributed by atoms with Gasteiger partial charge in [-0.05, 0) is 39.7 Å². The maximum atomic E-state index is 12.3. The molecule has 142 valence electrons. The average Bonchev–Trinajstić information content (AvgIpc) is 3.11. The van der Waals surface area contributed by atoms with E-state index in [1.54, 1.807) is 23.1 Å². The Morgan fingerprint density at radius 3 is 2.48 bits per heavy atom. The molecule has 1 aromatic heterocycles. The van der Waals surface area contributed by atoms with Crippen molar-refractivity contribution in [3.63, 3.8) is 0 Å². The van der Waals surface area contributed by atoms with E-state index in [-0.39, 0.29) is 11.8 Å². The lowest BCUT2D eigenvalue weighted by Crippen LogP contribution is -2.50. The molecule has 27 heavy (non-hydrogen) atoms. The molecule has 2 aromatic rings. The number of carbonyl (C=O) groups is 2. The molecule has 0 aliphatic carbocycles. The number of nitrogens with zero attached hydrogens (tertiary/aromatic N) is 2. The largest absolute Gasteiger partial charge is 0.450 e. The molecule has 1 fully saturated rings. The summed E-state index contributed by atoms with van der Waals surface area (Å²) in [5, 5.41) is 2.93. The van der Waals surface area contributed by atoms with E-state index >= 15 is 0 Å². The Hall–Kier alpha value is -2.38. The molecule has 6 nitrogen and oxygen atoms in total. The van der Waals surface area contributed by atoms with Crippen molar-refractivity contribution < 1.29 is 14.0 Å². The van der Waals surface area contributed by atoms with Crippen LogP contribution in [0, 0.1) is 0 Å². The molecule has 0 spiro atoms. The molecule has 0 unspecified atom stereocenters. The van der Waals surface area contributed by atoms with Crippen molar-refractivity contribution in [3.05, 3.63) is 64.5 Å². The fourth-order valence-corrected chi connectivity index (χ4v) is 3.18. The van der Waals surface area contributed by atoms with Crippen LogP contribution in [0.15, 0.2) is 57.6 Å². The molecular formula is C20H22BrN3O3. The van der Waals surface area contributed by atoms with Gasteiger partial charge in [-0.1, -0.05) is 30.3 Å². The van der Waals surface area contributed by atoms with Gasteiger partial charge >= 0.3 is 0 Å². The van der Waals surface area contributed by atoms with Gasteiger partial charge in [-0.25, -0.2) is 0 Å². The number of amides is 2. The molecule has 1 N–H and O–H groups in total. The van der Waals surface area contributed by atoms with Gasteiger partial charge in [0, 0.05) is 38.8 Å². The lowest BCUT2D eigenvalue weighted by molar-refractivity contribution is -0.128. The number of furan rings is 1. The summed E-state index contributed by atoms with van der Waals surface area (Å²) < 4.78 is 5.98. The van der Waals surface area contributed by atoms with Gasteiger partial charge in [0.05, 0.1) is 6.54 Å². The van der Waals surface area contributed by atoms with Gasteiger partial charge in [0.25, 0.3) is 0 Å². The highest BCUT2D eigenvalue weighted by Crippen LogP contribution is 2.15. The van der Waals surface area contributed by atoms with Crippen LogP contribution in [0.2, 0.25) is 0 Å². The molecule has 0 bridgehead atoms. The van der Waals surface area contributed by atoms with E-state index in [4.69, 9.17) is 4.42 Å². The molecular weight excluding hydrogens is 410 g/mol. The number of hydrogen-bond donors (Lipinski definition) is 1. The Balaban J connectivity index is 1.38. The van der Waals surface area contributed by atoms with Crippen LogP contribution in [0.3, 0.4) is 0 Å². The highest BCUT2D eigenvalue weighted by Gasteiger charge is 2.21. The fraction of sp³-hybridized carbons (Fsp3) is 0.300. The first-order chi connectivity index (χ1) is 13.1. The number of benzene rings is 1. The van der Waals surface area contributed by atoms with Crippen LogP contribution in [-0.2, 0) is 16.1 Å². The van der Waals surface area contributed by atoms with E-state index in [1.165, 1.54) is 6.08 Å². The predicted molar refractivity (Wildman–Crippen MR) is 107 cm³/mol. The van der Waals surface area contributed by atoms with Gasteiger partial charge in [-0.2, -0.15) is 0 Å². The maximum Gasteiger partial charge on any atom is 0.246 e. The number of rotatable bonds is 6. The zero-order valence-electron chi connectivity index (χ0n) is 14.9. The highest BCUT2D eigenvalue weighted by atomic mass is 79.9. The Labute approximate surface area is 166 Å². The number of nitrogens with one attached hydrogen (secondary N) is 1. The van der Waals surface area contributed by atoms with Crippen molar-refractivity contribution in [1.29, 1.82) is 0 Å². The van der Waals surface area contributed by atoms with E-state index in [0.29, 0.717) is 49.7 Å². The highest BCUT2D eigenvalue weighted by molar-refractivity contribution is 9.10. The summed E-state index contributed by atoms with van der Waals surface area (Å²) in [5.41, 5.74) is 1.08. The summed E-state index contributed by atoms with van der Waals surface area (Å²) in [7, 11) is 0. The minimum atomic E-state index is -0.0456. The van der Waals surface area contributed by atoms with E-state index in [0.717, 1.165) is 5.56 Å². The molecule has 7 heteroatoms. The van der Waals surface area contributed by atoms with Gasteiger partial charge in [0.15, 0.2) is 4.67 Å². The van der Waals surface area contributed by atoms with Crippen LogP contribution in [0.4, 0.5) is 0 Å². The second-order valence-electron chi connectivity index (χ2n) is 6.34. The average molecular weight is 432 g/mol. The van der Waals surface area contributed by atoms with E-state index in [2.05, 4.69) is 26.1 Å². The van der Waals surface area contributed by atoms with Crippen molar-refractivity contribution in [3.8, 4) is 0 Å². The Bertz CT molecular complexity index is 796. The molecule has 2 heterocycles. The smallest absolute Gasteiger partial charge is 0.246 e. The van der Waals surface area contributed by atoms with Crippen molar-refractivity contribution in [2.75, 3.05) is 32.7 Å². The molecule has 1 aliphatic rings. The number of carbonyl (C=O) groups excluding carboxylic acids is 2. The third-order valence-electron chi connectivity index (χ3n) is 4.37. The lowest BCUT2D eigenvalue weighted by atomic mass is 10.2. The maximum absolute atomic E-state index is 12.3. The van der Waals surface area contributed by atoms with E-state index in [1.807, 2.05) is 30.3 Å².